The van der Waals surface area contributed by atoms with Crippen LogP contribution in [0.2, 0.25) is 5.02 Å². The van der Waals surface area contributed by atoms with Crippen molar-refractivity contribution in [1.82, 2.24) is 19.7 Å². The van der Waals surface area contributed by atoms with Crippen molar-refractivity contribution in [2.24, 2.45) is 4.99 Å². The summed E-state index contributed by atoms with van der Waals surface area (Å²) < 4.78 is 2.09. The van der Waals surface area contributed by atoms with Crippen LogP contribution < -0.4 is 0 Å². The van der Waals surface area contributed by atoms with Crippen LogP contribution in [-0.4, -0.2) is 25.5 Å². The Bertz CT molecular complexity index is 1250. The number of nitrogens with zero attached hydrogens (tertiary/aromatic N) is 5. The molecule has 0 atom stereocenters. The van der Waals surface area contributed by atoms with Gasteiger partial charge in [-0.1, -0.05) is 35.9 Å². The van der Waals surface area contributed by atoms with E-state index in [9.17, 15) is 0 Å². The first-order valence-corrected chi connectivity index (χ1v) is 10.3. The van der Waals surface area contributed by atoms with E-state index in [2.05, 4.69) is 31.9 Å². The maximum Gasteiger partial charge on any atom is 0.160 e. The fourth-order valence-corrected chi connectivity index (χ4v) is 4.71. The first-order chi connectivity index (χ1) is 14.2. The number of halogens is 1. The van der Waals surface area contributed by atoms with E-state index in [0.29, 0.717) is 11.6 Å². The first kappa shape index (κ1) is 18.0. The summed E-state index contributed by atoms with van der Waals surface area (Å²) in [5.41, 5.74) is 3.75. The largest absolute Gasteiger partial charge is 0.276 e. The Kier molecular flexibility index (Phi) is 4.58. The van der Waals surface area contributed by atoms with Crippen molar-refractivity contribution in [3.63, 3.8) is 0 Å². The summed E-state index contributed by atoms with van der Waals surface area (Å²) in [7, 11) is 0. The quantitative estimate of drug-likeness (QED) is 0.460. The first-order valence-electron chi connectivity index (χ1n) is 9.14. The highest BCUT2D eigenvalue weighted by Gasteiger charge is 2.25. The molecule has 4 heterocycles. The lowest BCUT2D eigenvalue weighted by Crippen LogP contribution is -2.05. The van der Waals surface area contributed by atoms with Crippen molar-refractivity contribution in [3.05, 3.63) is 93.1 Å². The number of fused-ring (bicyclic) bond motifs is 3. The van der Waals surface area contributed by atoms with Crippen molar-refractivity contribution in [2.75, 3.05) is 0 Å². The van der Waals surface area contributed by atoms with E-state index in [1.54, 1.807) is 17.5 Å². The van der Waals surface area contributed by atoms with Crippen LogP contribution in [0.4, 0.5) is 0 Å². The Hall–Kier alpha value is -3.09. The van der Waals surface area contributed by atoms with Gasteiger partial charge < -0.3 is 0 Å². The van der Waals surface area contributed by atoms with Crippen molar-refractivity contribution in [2.45, 2.75) is 13.5 Å². The number of aryl methyl sites for hydroxylation is 1. The summed E-state index contributed by atoms with van der Waals surface area (Å²) in [6.45, 7) is 2.42. The van der Waals surface area contributed by atoms with Crippen LogP contribution in [0.1, 0.15) is 33.3 Å². The summed E-state index contributed by atoms with van der Waals surface area (Å²) in [6, 6.07) is 15.8. The SMILES string of the molecule is Cc1nnc2n1-c1sc(/C=C\c3ccccn3)cc1C(c1ccccc1Cl)=NC2. The minimum absolute atomic E-state index is 0.460. The van der Waals surface area contributed by atoms with E-state index >= 15 is 0 Å². The normalized spacial score (nSPS) is 13.1. The third-order valence-electron chi connectivity index (χ3n) is 4.70. The molecule has 0 bridgehead atoms. The van der Waals surface area contributed by atoms with E-state index in [1.807, 2.05) is 55.5 Å². The topological polar surface area (TPSA) is 56.0 Å². The highest BCUT2D eigenvalue weighted by Crippen LogP contribution is 2.35. The number of benzene rings is 1. The second-order valence-electron chi connectivity index (χ2n) is 6.60. The van der Waals surface area contributed by atoms with Gasteiger partial charge in [0, 0.05) is 27.2 Å². The molecule has 5 nitrogen and oxygen atoms in total. The molecule has 1 aliphatic rings. The average molecular weight is 418 g/mol. The molecule has 0 radical (unpaired) electrons. The molecule has 7 heteroatoms. The van der Waals surface area contributed by atoms with Crippen LogP contribution in [0.25, 0.3) is 17.2 Å². The number of rotatable bonds is 3. The zero-order valence-electron chi connectivity index (χ0n) is 15.6. The number of pyridine rings is 1. The lowest BCUT2D eigenvalue weighted by atomic mass is 10.0. The third-order valence-corrected chi connectivity index (χ3v) is 6.11. The van der Waals surface area contributed by atoms with Crippen molar-refractivity contribution in [3.8, 4) is 5.00 Å². The van der Waals surface area contributed by atoms with Crippen LogP contribution in [-0.2, 0) is 6.54 Å². The van der Waals surface area contributed by atoms with E-state index in [0.717, 1.165) is 44.1 Å². The zero-order valence-corrected chi connectivity index (χ0v) is 17.2. The molecule has 4 aromatic rings. The monoisotopic (exact) mass is 417 g/mol. The number of thiophene rings is 1. The molecule has 1 aliphatic heterocycles. The minimum Gasteiger partial charge on any atom is -0.276 e. The van der Waals surface area contributed by atoms with E-state index in [4.69, 9.17) is 16.6 Å². The molecule has 29 heavy (non-hydrogen) atoms. The van der Waals surface area contributed by atoms with E-state index in [1.165, 1.54) is 0 Å². The van der Waals surface area contributed by atoms with Crippen molar-refractivity contribution >= 4 is 40.8 Å². The van der Waals surface area contributed by atoms with Crippen molar-refractivity contribution < 1.29 is 0 Å². The Morgan fingerprint density at radius 3 is 2.72 bits per heavy atom. The smallest absolute Gasteiger partial charge is 0.160 e. The van der Waals surface area contributed by atoms with Gasteiger partial charge in [-0.3, -0.25) is 14.5 Å². The zero-order chi connectivity index (χ0) is 19.8. The Labute approximate surface area is 177 Å². The maximum absolute atomic E-state index is 6.51. The third kappa shape index (κ3) is 3.30. The van der Waals surface area contributed by atoms with Gasteiger partial charge in [0.1, 0.15) is 17.4 Å². The van der Waals surface area contributed by atoms with Gasteiger partial charge in [0.2, 0.25) is 0 Å². The van der Waals surface area contributed by atoms with Gasteiger partial charge in [0.25, 0.3) is 0 Å². The number of hydrogen-bond donors (Lipinski definition) is 0. The molecular weight excluding hydrogens is 402 g/mol. The van der Waals surface area contributed by atoms with Crippen LogP contribution in [0.5, 0.6) is 0 Å². The summed E-state index contributed by atoms with van der Waals surface area (Å²) in [5.74, 6) is 1.67. The molecule has 0 fully saturated rings. The lowest BCUT2D eigenvalue weighted by Gasteiger charge is -2.08. The van der Waals surface area contributed by atoms with Crippen LogP contribution in [0, 0.1) is 6.92 Å². The van der Waals surface area contributed by atoms with Crippen LogP contribution >= 0.6 is 22.9 Å². The Morgan fingerprint density at radius 1 is 1.03 bits per heavy atom. The lowest BCUT2D eigenvalue weighted by molar-refractivity contribution is 0.869. The van der Waals surface area contributed by atoms with E-state index < -0.39 is 0 Å². The van der Waals surface area contributed by atoms with Crippen LogP contribution in [0.3, 0.4) is 0 Å². The van der Waals surface area contributed by atoms with Gasteiger partial charge in [-0.25, -0.2) is 0 Å². The average Bonchev–Trinajstić information content (AvgIpc) is 3.28. The van der Waals surface area contributed by atoms with Gasteiger partial charge in [-0.2, -0.15) is 0 Å². The number of aromatic nitrogens is 4. The Balaban J connectivity index is 1.66. The van der Waals surface area contributed by atoms with Crippen molar-refractivity contribution in [1.29, 1.82) is 0 Å². The molecule has 0 aliphatic carbocycles. The summed E-state index contributed by atoms with van der Waals surface area (Å²) in [6.07, 6.45) is 5.88. The van der Waals surface area contributed by atoms with Crippen LogP contribution in [0.15, 0.2) is 59.7 Å². The molecule has 0 saturated carbocycles. The standard InChI is InChI=1S/C22H16ClN5S/c1-14-26-27-20-13-25-21(17-7-2-3-8-19(17)23)18-12-16(29-22(18)28(14)20)10-9-15-6-4-5-11-24-15/h2-12H,13H2,1H3/b10-9-. The minimum atomic E-state index is 0.460. The Morgan fingerprint density at radius 2 is 1.90 bits per heavy atom. The fourth-order valence-electron chi connectivity index (χ4n) is 3.35. The van der Waals surface area contributed by atoms with Gasteiger partial charge in [0.05, 0.1) is 11.4 Å². The van der Waals surface area contributed by atoms with Gasteiger partial charge in [0.15, 0.2) is 5.82 Å². The summed E-state index contributed by atoms with van der Waals surface area (Å²) >= 11 is 8.19. The number of hydrogen-bond acceptors (Lipinski definition) is 5. The molecule has 1 aromatic carbocycles. The van der Waals surface area contributed by atoms with E-state index in [-0.39, 0.29) is 0 Å². The summed E-state index contributed by atoms with van der Waals surface area (Å²) in [4.78, 5) is 10.3. The summed E-state index contributed by atoms with van der Waals surface area (Å²) in [5, 5.41) is 10.3. The molecule has 3 aromatic heterocycles. The second-order valence-corrected chi connectivity index (χ2v) is 8.07. The molecule has 0 spiro atoms. The molecular formula is C22H16ClN5S. The fraction of sp³-hybridized carbons (Fsp3) is 0.0909. The molecule has 0 amide bonds. The molecule has 0 unspecified atom stereocenters. The van der Waals surface area contributed by atoms with Gasteiger partial charge in [-0.05, 0) is 43.3 Å². The number of aliphatic imine (C=N–C) groups is 1. The molecule has 0 N–H and O–H groups in total. The predicted octanol–water partition coefficient (Wildman–Crippen LogP) is 5.21. The molecule has 5 rings (SSSR count). The van der Waals surface area contributed by atoms with Gasteiger partial charge in [-0.15, -0.1) is 21.5 Å². The van der Waals surface area contributed by atoms with Gasteiger partial charge >= 0.3 is 0 Å². The highest BCUT2D eigenvalue weighted by atomic mass is 35.5. The highest BCUT2D eigenvalue weighted by molar-refractivity contribution is 7.16. The predicted molar refractivity (Wildman–Crippen MR) is 118 cm³/mol. The second kappa shape index (κ2) is 7.39. The molecule has 142 valence electrons. The maximum atomic E-state index is 6.51. The molecule has 0 saturated heterocycles.